The second-order valence-corrected chi connectivity index (χ2v) is 8.94. The predicted molar refractivity (Wildman–Crippen MR) is 145 cm³/mol. The second kappa shape index (κ2) is 14.4. The first-order valence-electron chi connectivity index (χ1n) is 12.7. The predicted octanol–water partition coefficient (Wildman–Crippen LogP) is 5.52. The molecule has 0 aromatic heterocycles. The molecule has 4 N–H and O–H groups in total. The monoisotopic (exact) mass is 501 g/mol. The van der Waals surface area contributed by atoms with Gasteiger partial charge in [-0.15, -0.1) is 0 Å². The number of benzene rings is 3. The van der Waals surface area contributed by atoms with Crippen LogP contribution in [0.1, 0.15) is 73.0 Å². The molecular weight excluding hydrogens is 466 g/mol. The highest BCUT2D eigenvalue weighted by Gasteiger charge is 2.23. The summed E-state index contributed by atoms with van der Waals surface area (Å²) in [4.78, 5) is 37.5. The van der Waals surface area contributed by atoms with E-state index in [9.17, 15) is 14.4 Å². The van der Waals surface area contributed by atoms with Crippen LogP contribution in [-0.4, -0.2) is 17.7 Å². The molecule has 0 aliphatic carbocycles. The molecule has 0 heterocycles. The highest BCUT2D eigenvalue weighted by molar-refractivity contribution is 5.99. The topological polar surface area (TPSA) is 111 Å². The fourth-order valence-corrected chi connectivity index (χ4v) is 3.88. The molecular formula is C30H35N3O4. The van der Waals surface area contributed by atoms with Gasteiger partial charge in [-0.2, -0.15) is 0 Å². The van der Waals surface area contributed by atoms with Crippen molar-refractivity contribution < 1.29 is 19.1 Å². The third-order valence-electron chi connectivity index (χ3n) is 5.95. The molecule has 194 valence electrons. The molecule has 0 fully saturated rings. The van der Waals surface area contributed by atoms with Crippen molar-refractivity contribution in [2.24, 2.45) is 5.73 Å². The van der Waals surface area contributed by atoms with Crippen molar-refractivity contribution in [2.75, 3.05) is 5.32 Å². The van der Waals surface area contributed by atoms with Crippen molar-refractivity contribution in [1.29, 1.82) is 0 Å². The minimum Gasteiger partial charge on any atom is -0.489 e. The van der Waals surface area contributed by atoms with Crippen LogP contribution in [0.25, 0.3) is 0 Å². The number of carbonyl (C=O) groups excluding carboxylic acids is 3. The minimum atomic E-state index is -0.913. The first-order chi connectivity index (χ1) is 18.0. The van der Waals surface area contributed by atoms with Crippen LogP contribution in [0.4, 0.5) is 5.69 Å². The lowest BCUT2D eigenvalue weighted by molar-refractivity contribution is -0.126. The average Bonchev–Trinajstić information content (AvgIpc) is 2.91. The van der Waals surface area contributed by atoms with Gasteiger partial charge in [-0.05, 0) is 47.9 Å². The van der Waals surface area contributed by atoms with Gasteiger partial charge >= 0.3 is 0 Å². The van der Waals surface area contributed by atoms with Crippen molar-refractivity contribution in [3.63, 3.8) is 0 Å². The molecule has 0 saturated carbocycles. The fourth-order valence-electron chi connectivity index (χ4n) is 3.88. The van der Waals surface area contributed by atoms with Crippen LogP contribution >= 0.6 is 0 Å². The Balaban J connectivity index is 1.70. The number of nitrogens with one attached hydrogen (secondary N) is 2. The summed E-state index contributed by atoms with van der Waals surface area (Å²) in [5.41, 5.74) is 7.73. The Bertz CT molecular complexity index is 1160. The number of ether oxygens (including phenoxy) is 1. The number of nitrogens with two attached hydrogens (primary N) is 1. The molecule has 7 heteroatoms. The molecule has 0 unspecified atom stereocenters. The molecule has 1 atom stereocenters. The molecule has 3 amide bonds. The van der Waals surface area contributed by atoms with Gasteiger partial charge in [0.15, 0.2) is 0 Å². The zero-order valence-corrected chi connectivity index (χ0v) is 21.2. The number of hydrogen-bond acceptors (Lipinski definition) is 4. The van der Waals surface area contributed by atoms with Gasteiger partial charge in [0.1, 0.15) is 18.4 Å². The van der Waals surface area contributed by atoms with Crippen LogP contribution < -0.4 is 21.1 Å². The molecule has 0 radical (unpaired) electrons. The molecule has 7 nitrogen and oxygen atoms in total. The van der Waals surface area contributed by atoms with Gasteiger partial charge < -0.3 is 21.1 Å². The Kier molecular flexibility index (Phi) is 10.7. The fraction of sp³-hybridized carbons (Fsp3) is 0.300. The maximum Gasteiger partial charge on any atom is 0.251 e. The van der Waals surface area contributed by atoms with Gasteiger partial charge in [-0.25, -0.2) is 0 Å². The summed E-state index contributed by atoms with van der Waals surface area (Å²) in [6, 6.07) is 22.4. The number of unbranched alkanes of at least 4 members (excludes halogenated alkanes) is 4. The van der Waals surface area contributed by atoms with Crippen LogP contribution in [0.2, 0.25) is 0 Å². The van der Waals surface area contributed by atoms with E-state index in [1.54, 1.807) is 42.5 Å². The van der Waals surface area contributed by atoms with Gasteiger partial charge in [0, 0.05) is 17.7 Å². The maximum atomic E-state index is 13.3. The Hall–Kier alpha value is -4.13. The van der Waals surface area contributed by atoms with E-state index in [1.165, 1.54) is 6.07 Å². The van der Waals surface area contributed by atoms with E-state index >= 15 is 0 Å². The average molecular weight is 502 g/mol. The summed E-state index contributed by atoms with van der Waals surface area (Å²) in [5, 5.41) is 5.67. The van der Waals surface area contributed by atoms with Crippen LogP contribution in [0.3, 0.4) is 0 Å². The molecule has 37 heavy (non-hydrogen) atoms. The van der Waals surface area contributed by atoms with E-state index in [-0.39, 0.29) is 11.5 Å². The van der Waals surface area contributed by atoms with Gasteiger partial charge in [0.25, 0.3) is 5.91 Å². The summed E-state index contributed by atoms with van der Waals surface area (Å²) in [6.45, 7) is 2.57. The van der Waals surface area contributed by atoms with Crippen molar-refractivity contribution >= 4 is 23.4 Å². The Morgan fingerprint density at radius 2 is 1.59 bits per heavy atom. The molecule has 0 aliphatic rings. The van der Waals surface area contributed by atoms with E-state index in [0.29, 0.717) is 30.0 Å². The number of carbonyl (C=O) groups is 3. The van der Waals surface area contributed by atoms with Crippen LogP contribution in [0.15, 0.2) is 78.9 Å². The van der Waals surface area contributed by atoms with Gasteiger partial charge in [-0.3, -0.25) is 14.4 Å². The largest absolute Gasteiger partial charge is 0.489 e. The summed E-state index contributed by atoms with van der Waals surface area (Å²) in [7, 11) is 0. The number of rotatable bonds is 14. The molecule has 0 aliphatic heterocycles. The quantitative estimate of drug-likeness (QED) is 0.253. The number of primary amides is 1. The van der Waals surface area contributed by atoms with Crippen LogP contribution in [0, 0.1) is 0 Å². The van der Waals surface area contributed by atoms with E-state index < -0.39 is 17.9 Å². The summed E-state index contributed by atoms with van der Waals surface area (Å²) >= 11 is 0. The van der Waals surface area contributed by atoms with Crippen LogP contribution in [0.5, 0.6) is 5.75 Å². The smallest absolute Gasteiger partial charge is 0.251 e. The lowest BCUT2D eigenvalue weighted by Crippen LogP contribution is -2.37. The number of hydrogen-bond donors (Lipinski definition) is 3. The molecule has 0 spiro atoms. The first kappa shape index (κ1) is 27.5. The van der Waals surface area contributed by atoms with Crippen molar-refractivity contribution in [1.82, 2.24) is 5.32 Å². The highest BCUT2D eigenvalue weighted by Crippen LogP contribution is 2.22. The Labute approximate surface area is 218 Å². The van der Waals surface area contributed by atoms with Crippen molar-refractivity contribution in [3.8, 4) is 5.75 Å². The van der Waals surface area contributed by atoms with E-state index in [2.05, 4.69) is 17.6 Å². The van der Waals surface area contributed by atoms with Crippen molar-refractivity contribution in [2.45, 2.75) is 58.1 Å². The molecule has 3 rings (SSSR count). The lowest BCUT2D eigenvalue weighted by atomic mass is 10.0. The zero-order valence-electron chi connectivity index (χ0n) is 21.2. The molecule has 0 saturated heterocycles. The normalized spacial score (nSPS) is 11.4. The lowest BCUT2D eigenvalue weighted by Gasteiger charge is -2.20. The standard InChI is InChI=1S/C30H35N3O4/c1-2-3-4-5-9-15-27(34)33-28(30(36)32-25-14-10-13-24(20-25)29(31)35)23-16-18-26(19-17-23)37-21-22-11-7-6-8-12-22/h6-8,10-14,16-20,28H,2-5,9,15,21H2,1H3,(H2,31,35)(H,32,36)(H,33,34)/t28-/m0/s1. The van der Waals surface area contributed by atoms with Gasteiger partial charge in [0.2, 0.25) is 11.8 Å². The summed E-state index contributed by atoms with van der Waals surface area (Å²) in [5.74, 6) is -0.538. The van der Waals surface area contributed by atoms with E-state index in [4.69, 9.17) is 10.5 Å². The zero-order chi connectivity index (χ0) is 26.5. The highest BCUT2D eigenvalue weighted by atomic mass is 16.5. The minimum absolute atomic E-state index is 0.188. The number of anilines is 1. The van der Waals surface area contributed by atoms with E-state index in [1.807, 2.05) is 30.3 Å². The Morgan fingerprint density at radius 1 is 0.865 bits per heavy atom. The van der Waals surface area contributed by atoms with Crippen LogP contribution in [-0.2, 0) is 16.2 Å². The van der Waals surface area contributed by atoms with Gasteiger partial charge in [0.05, 0.1) is 0 Å². The number of amides is 3. The SMILES string of the molecule is CCCCCCCC(=O)N[C@H](C(=O)Nc1cccc(C(N)=O)c1)c1ccc(OCc2ccccc2)cc1. The first-order valence-corrected chi connectivity index (χ1v) is 12.7. The van der Waals surface area contributed by atoms with E-state index in [0.717, 1.165) is 37.7 Å². The maximum absolute atomic E-state index is 13.3. The van der Waals surface area contributed by atoms with Gasteiger partial charge in [-0.1, -0.05) is 81.1 Å². The third kappa shape index (κ3) is 9.11. The molecule has 3 aromatic rings. The summed E-state index contributed by atoms with van der Waals surface area (Å²) in [6.07, 6.45) is 5.47. The molecule has 3 aromatic carbocycles. The summed E-state index contributed by atoms with van der Waals surface area (Å²) < 4.78 is 5.85. The third-order valence-corrected chi connectivity index (χ3v) is 5.95. The van der Waals surface area contributed by atoms with Crippen molar-refractivity contribution in [3.05, 3.63) is 95.6 Å². The Morgan fingerprint density at radius 3 is 2.30 bits per heavy atom. The molecule has 0 bridgehead atoms. The second-order valence-electron chi connectivity index (χ2n) is 8.94.